The van der Waals surface area contributed by atoms with Gasteiger partial charge in [0, 0.05) is 18.7 Å². The van der Waals surface area contributed by atoms with Gasteiger partial charge >= 0.3 is 0 Å². The molecule has 2 heterocycles. The zero-order valence-corrected chi connectivity index (χ0v) is 10.4. The van der Waals surface area contributed by atoms with Crippen LogP contribution >= 0.6 is 0 Å². The molecule has 18 heavy (non-hydrogen) atoms. The molecule has 0 unspecified atom stereocenters. The lowest BCUT2D eigenvalue weighted by atomic mass is 9.83. The summed E-state index contributed by atoms with van der Waals surface area (Å²) in [5.41, 5.74) is 0.975. The molecule has 4 heteroatoms. The van der Waals surface area contributed by atoms with E-state index in [2.05, 4.69) is 21.4 Å². The van der Waals surface area contributed by atoms with E-state index in [-0.39, 0.29) is 0 Å². The van der Waals surface area contributed by atoms with Crippen LogP contribution < -0.4 is 5.32 Å². The van der Waals surface area contributed by atoms with Gasteiger partial charge in [-0.3, -0.25) is 0 Å². The quantitative estimate of drug-likeness (QED) is 0.866. The first kappa shape index (κ1) is 10.4. The van der Waals surface area contributed by atoms with Crippen molar-refractivity contribution < 1.29 is 0 Å². The average Bonchev–Trinajstić information content (AvgIpc) is 2.99. The summed E-state index contributed by atoms with van der Waals surface area (Å²) in [7, 11) is 0. The van der Waals surface area contributed by atoms with E-state index in [4.69, 9.17) is 4.98 Å². The molecule has 2 saturated carbocycles. The van der Waals surface area contributed by atoms with Gasteiger partial charge in [0.2, 0.25) is 0 Å². The molecule has 0 aromatic carbocycles. The molecule has 2 aromatic rings. The summed E-state index contributed by atoms with van der Waals surface area (Å²) >= 11 is 0. The molecular weight excluding hydrogens is 224 g/mol. The van der Waals surface area contributed by atoms with Crippen LogP contribution in [0.4, 0.5) is 5.82 Å². The van der Waals surface area contributed by atoms with Gasteiger partial charge in [0.25, 0.3) is 0 Å². The first-order valence-corrected chi connectivity index (χ1v) is 6.99. The molecule has 2 fully saturated rings. The molecule has 0 amide bonds. The van der Waals surface area contributed by atoms with Crippen LogP contribution in [0.3, 0.4) is 0 Å². The highest BCUT2D eigenvalue weighted by Crippen LogP contribution is 2.31. The summed E-state index contributed by atoms with van der Waals surface area (Å²) in [4.78, 5) is 12.6. The van der Waals surface area contributed by atoms with Gasteiger partial charge in [-0.05, 0) is 24.8 Å². The zero-order valence-electron chi connectivity index (χ0n) is 10.4. The fourth-order valence-corrected chi connectivity index (χ4v) is 2.57. The Bertz CT molecular complexity index is 566. The van der Waals surface area contributed by atoms with Gasteiger partial charge in [-0.25, -0.2) is 9.97 Å². The molecule has 2 N–H and O–H groups in total. The monoisotopic (exact) mass is 242 g/mol. The van der Waals surface area contributed by atoms with E-state index in [0.717, 1.165) is 35.0 Å². The smallest absolute Gasteiger partial charge is 0.143 e. The van der Waals surface area contributed by atoms with E-state index < -0.39 is 0 Å². The van der Waals surface area contributed by atoms with Crippen molar-refractivity contribution in [1.82, 2.24) is 15.0 Å². The molecule has 0 spiro atoms. The maximum Gasteiger partial charge on any atom is 0.143 e. The molecule has 0 saturated heterocycles. The summed E-state index contributed by atoms with van der Waals surface area (Å²) < 4.78 is 0. The van der Waals surface area contributed by atoms with Gasteiger partial charge in [-0.1, -0.05) is 19.3 Å². The van der Waals surface area contributed by atoms with Crippen molar-refractivity contribution >= 4 is 16.9 Å². The number of hydrogen-bond donors (Lipinski definition) is 2. The Hall–Kier alpha value is -1.58. The van der Waals surface area contributed by atoms with Crippen LogP contribution in [-0.4, -0.2) is 21.0 Å². The minimum absolute atomic E-state index is 0.634. The Morgan fingerprint density at radius 3 is 2.83 bits per heavy atom. The molecular formula is C14H18N4. The van der Waals surface area contributed by atoms with Gasteiger partial charge in [0.15, 0.2) is 0 Å². The lowest BCUT2D eigenvalue weighted by molar-refractivity contribution is 0.309. The Labute approximate surface area is 106 Å². The molecule has 0 aliphatic heterocycles. The van der Waals surface area contributed by atoms with Gasteiger partial charge in [-0.15, -0.1) is 0 Å². The lowest BCUT2D eigenvalue weighted by Gasteiger charge is -2.24. The highest BCUT2D eigenvalue weighted by Gasteiger charge is 2.24. The van der Waals surface area contributed by atoms with Crippen LogP contribution in [0.15, 0.2) is 12.3 Å². The van der Waals surface area contributed by atoms with E-state index >= 15 is 0 Å². The highest BCUT2D eigenvalue weighted by atomic mass is 15.1. The van der Waals surface area contributed by atoms with E-state index in [9.17, 15) is 0 Å². The molecule has 0 radical (unpaired) electrons. The third-order valence-corrected chi connectivity index (χ3v) is 4.08. The Kier molecular flexibility index (Phi) is 2.28. The Morgan fingerprint density at radius 2 is 2.11 bits per heavy atom. The summed E-state index contributed by atoms with van der Waals surface area (Å²) in [5, 5.41) is 4.65. The number of fused-ring (bicyclic) bond motifs is 1. The zero-order chi connectivity index (χ0) is 11.9. The minimum Gasteiger partial charge on any atom is -0.367 e. The fourth-order valence-electron chi connectivity index (χ4n) is 2.57. The number of anilines is 1. The van der Waals surface area contributed by atoms with Crippen molar-refractivity contribution in [2.75, 3.05) is 5.32 Å². The van der Waals surface area contributed by atoms with Crippen LogP contribution in [0, 0.1) is 5.92 Å². The van der Waals surface area contributed by atoms with Crippen LogP contribution in [0.1, 0.15) is 37.9 Å². The third-order valence-electron chi connectivity index (χ3n) is 4.08. The maximum atomic E-state index is 4.73. The van der Waals surface area contributed by atoms with Crippen molar-refractivity contribution in [2.45, 2.75) is 44.6 Å². The molecule has 0 bridgehead atoms. The topological polar surface area (TPSA) is 53.6 Å². The molecule has 0 atom stereocenters. The number of nitrogens with one attached hydrogen (secondary N) is 2. The average molecular weight is 242 g/mol. The first-order valence-electron chi connectivity index (χ1n) is 6.99. The maximum absolute atomic E-state index is 4.73. The highest BCUT2D eigenvalue weighted by molar-refractivity contribution is 5.87. The second kappa shape index (κ2) is 3.97. The molecule has 2 aliphatic rings. The lowest BCUT2D eigenvalue weighted by Crippen LogP contribution is -2.16. The van der Waals surface area contributed by atoms with Crippen molar-refractivity contribution in [2.24, 2.45) is 5.92 Å². The van der Waals surface area contributed by atoms with Gasteiger partial charge in [0.1, 0.15) is 17.3 Å². The Morgan fingerprint density at radius 1 is 1.22 bits per heavy atom. The van der Waals surface area contributed by atoms with E-state index in [1.54, 1.807) is 0 Å². The first-order chi connectivity index (χ1) is 8.88. The van der Waals surface area contributed by atoms with Crippen LogP contribution in [0.25, 0.3) is 11.0 Å². The standard InChI is InChI=1S/C14H18N4/c1-2-9(3-1)8-12-17-13-11(6-7-15-13)14(18-12)16-10-4-5-10/h6-7,9-10H,1-5,8H2,(H2,15,16,17,18). The van der Waals surface area contributed by atoms with Gasteiger partial charge < -0.3 is 10.3 Å². The predicted molar refractivity (Wildman–Crippen MR) is 71.6 cm³/mol. The summed E-state index contributed by atoms with van der Waals surface area (Å²) in [6, 6.07) is 2.70. The van der Waals surface area contributed by atoms with Gasteiger partial charge in [0.05, 0.1) is 5.39 Å². The van der Waals surface area contributed by atoms with E-state index in [1.165, 1.54) is 32.1 Å². The van der Waals surface area contributed by atoms with Crippen LogP contribution in [0.2, 0.25) is 0 Å². The van der Waals surface area contributed by atoms with Gasteiger partial charge in [-0.2, -0.15) is 0 Å². The number of nitrogens with zero attached hydrogens (tertiary/aromatic N) is 2. The second-order valence-electron chi connectivity index (χ2n) is 5.65. The number of aromatic nitrogens is 3. The normalized spacial score (nSPS) is 20.0. The van der Waals surface area contributed by atoms with Crippen molar-refractivity contribution in [3.05, 3.63) is 18.1 Å². The molecule has 4 rings (SSSR count). The fraction of sp³-hybridized carbons (Fsp3) is 0.571. The predicted octanol–water partition coefficient (Wildman–Crippen LogP) is 2.87. The number of H-pyrrole nitrogens is 1. The largest absolute Gasteiger partial charge is 0.367 e. The number of hydrogen-bond acceptors (Lipinski definition) is 3. The Balaban J connectivity index is 1.68. The molecule has 2 aliphatic carbocycles. The summed E-state index contributed by atoms with van der Waals surface area (Å²) in [5.74, 6) is 2.84. The van der Waals surface area contributed by atoms with E-state index in [0.29, 0.717) is 6.04 Å². The SMILES string of the molecule is c1cc2c(NC3CC3)nc(CC3CCC3)nc2[nH]1. The molecule has 94 valence electrons. The van der Waals surface area contributed by atoms with Crippen molar-refractivity contribution in [3.63, 3.8) is 0 Å². The number of aromatic amines is 1. The van der Waals surface area contributed by atoms with E-state index in [1.807, 2.05) is 6.20 Å². The molecule has 4 nitrogen and oxygen atoms in total. The minimum atomic E-state index is 0.634. The van der Waals surface area contributed by atoms with Crippen LogP contribution in [0.5, 0.6) is 0 Å². The summed E-state index contributed by atoms with van der Waals surface area (Å²) in [6.07, 6.45) is 9.60. The number of rotatable bonds is 4. The summed E-state index contributed by atoms with van der Waals surface area (Å²) in [6.45, 7) is 0. The van der Waals surface area contributed by atoms with Crippen LogP contribution in [-0.2, 0) is 6.42 Å². The van der Waals surface area contributed by atoms with Crippen molar-refractivity contribution in [1.29, 1.82) is 0 Å². The third kappa shape index (κ3) is 1.85. The molecule has 2 aromatic heterocycles. The van der Waals surface area contributed by atoms with Crippen molar-refractivity contribution in [3.8, 4) is 0 Å². The second-order valence-corrected chi connectivity index (χ2v) is 5.65.